The number of benzene rings is 7. The number of Topliss-reactive ketones (excluding diaryl/α,β-unsaturated/α-hetero) is 1. The lowest BCUT2D eigenvalue weighted by Gasteiger charge is -2.39. The van der Waals surface area contributed by atoms with E-state index in [1.807, 2.05) is 0 Å². The number of nitrogens with zero attached hydrogens (tertiary/aromatic N) is 2. The third-order valence-electron chi connectivity index (χ3n) is 11.5. The number of ketones is 1. The third-order valence-corrected chi connectivity index (χ3v) is 11.5. The Balaban J connectivity index is 1.39. The van der Waals surface area contributed by atoms with Gasteiger partial charge in [-0.2, -0.15) is 0 Å². The van der Waals surface area contributed by atoms with Crippen LogP contribution in [0.3, 0.4) is 0 Å². The van der Waals surface area contributed by atoms with Crippen molar-refractivity contribution in [3.8, 4) is 33.9 Å². The highest BCUT2D eigenvalue weighted by Crippen LogP contribution is 2.56. The Labute approximate surface area is 304 Å². The number of hydrogen-bond acceptors (Lipinski definition) is 2. The predicted molar refractivity (Wildman–Crippen MR) is 217 cm³/mol. The summed E-state index contributed by atoms with van der Waals surface area (Å²) < 4.78 is 2.46. The van der Waals surface area contributed by atoms with Crippen molar-refractivity contribution in [2.75, 3.05) is 0 Å². The van der Waals surface area contributed by atoms with Crippen molar-refractivity contribution >= 4 is 48.9 Å². The van der Waals surface area contributed by atoms with Gasteiger partial charge in [-0.15, -0.1) is 0 Å². The van der Waals surface area contributed by atoms with Crippen LogP contribution >= 0.6 is 0 Å². The molecule has 0 radical (unpaired) electrons. The van der Waals surface area contributed by atoms with E-state index in [-0.39, 0.29) is 16.6 Å². The van der Waals surface area contributed by atoms with Crippen molar-refractivity contribution in [1.29, 1.82) is 0 Å². The molecule has 10 rings (SSSR count). The number of carbonyl (C=O) groups excluding carboxylic acids is 1. The van der Waals surface area contributed by atoms with Crippen LogP contribution < -0.4 is 0 Å². The lowest BCUT2D eigenvalue weighted by Crippen LogP contribution is -2.38. The average Bonchev–Trinajstić information content (AvgIpc) is 3.66. The molecule has 0 saturated heterocycles. The van der Waals surface area contributed by atoms with E-state index in [1.54, 1.807) is 0 Å². The molecule has 3 heteroatoms. The summed E-state index contributed by atoms with van der Waals surface area (Å²) in [6, 6.07) is 43.9. The fourth-order valence-corrected chi connectivity index (χ4v) is 9.16. The van der Waals surface area contributed by atoms with Crippen LogP contribution in [0.4, 0.5) is 0 Å². The van der Waals surface area contributed by atoms with Gasteiger partial charge in [-0.05, 0) is 77.7 Å². The zero-order valence-corrected chi connectivity index (χ0v) is 30.5. The zero-order chi connectivity index (χ0) is 35.7. The Kier molecular flexibility index (Phi) is 6.19. The number of aromatic nitrogens is 2. The number of rotatable bonds is 2. The molecule has 2 heterocycles. The van der Waals surface area contributed by atoms with Crippen LogP contribution in [0.5, 0.6) is 0 Å². The molecule has 0 N–H and O–H groups in total. The van der Waals surface area contributed by atoms with Gasteiger partial charge in [0.05, 0.1) is 11.4 Å². The molecule has 3 nitrogen and oxygen atoms in total. The van der Waals surface area contributed by atoms with Crippen molar-refractivity contribution < 1.29 is 4.79 Å². The molecule has 1 aromatic heterocycles. The first-order chi connectivity index (χ1) is 25.0. The molecule has 7 aromatic carbocycles. The minimum Gasteiger partial charge on any atom is -0.306 e. The van der Waals surface area contributed by atoms with Gasteiger partial charge in [-0.25, -0.2) is 4.98 Å². The summed E-state index contributed by atoms with van der Waals surface area (Å²) in [5.41, 5.74) is 6.66. The molecule has 0 fully saturated rings. The highest BCUT2D eigenvalue weighted by atomic mass is 16.1. The van der Waals surface area contributed by atoms with Crippen molar-refractivity contribution in [3.63, 3.8) is 0 Å². The molecular weight excluding hydrogens is 633 g/mol. The van der Waals surface area contributed by atoms with Crippen LogP contribution in [0.15, 0.2) is 145 Å². The molecule has 0 bridgehead atoms. The minimum absolute atomic E-state index is 0.135. The van der Waals surface area contributed by atoms with E-state index in [2.05, 4.69) is 180 Å². The fourth-order valence-electron chi connectivity index (χ4n) is 9.16. The van der Waals surface area contributed by atoms with Crippen LogP contribution in [0, 0.1) is 10.8 Å². The second kappa shape index (κ2) is 10.4. The quantitative estimate of drug-likeness (QED) is 0.135. The van der Waals surface area contributed by atoms with Crippen LogP contribution in [0.2, 0.25) is 0 Å². The first-order valence-electron chi connectivity index (χ1n) is 18.4. The van der Waals surface area contributed by atoms with E-state index in [1.165, 1.54) is 48.7 Å². The molecule has 2 aliphatic rings. The summed E-state index contributed by atoms with van der Waals surface area (Å²) >= 11 is 0. The first-order valence-corrected chi connectivity index (χ1v) is 18.4. The summed E-state index contributed by atoms with van der Waals surface area (Å²) in [5.74, 6) is 1.03. The van der Waals surface area contributed by atoms with Gasteiger partial charge >= 0.3 is 0 Å². The van der Waals surface area contributed by atoms with E-state index in [0.29, 0.717) is 0 Å². The monoisotopic (exact) mass is 672 g/mol. The summed E-state index contributed by atoms with van der Waals surface area (Å²) in [6.07, 6.45) is 4.53. The maximum atomic E-state index is 14.5. The molecule has 1 aliphatic heterocycles. The smallest absolute Gasteiger partial charge is 0.185 e. The van der Waals surface area contributed by atoms with Crippen LogP contribution in [-0.4, -0.2) is 15.3 Å². The van der Waals surface area contributed by atoms with Gasteiger partial charge < -0.3 is 4.57 Å². The third kappa shape index (κ3) is 4.08. The van der Waals surface area contributed by atoms with E-state index < -0.39 is 5.54 Å². The summed E-state index contributed by atoms with van der Waals surface area (Å²) in [7, 11) is 0. The lowest BCUT2D eigenvalue weighted by atomic mass is 9.67. The van der Waals surface area contributed by atoms with Crippen LogP contribution in [0.1, 0.15) is 47.1 Å². The van der Waals surface area contributed by atoms with E-state index >= 15 is 0 Å². The molecule has 1 aliphatic carbocycles. The average molecular weight is 673 g/mol. The zero-order valence-electron chi connectivity index (χ0n) is 30.5. The maximum Gasteiger partial charge on any atom is 0.185 e. The Morgan fingerprint density at radius 2 is 1.10 bits per heavy atom. The summed E-state index contributed by atoms with van der Waals surface area (Å²) in [5, 5.41) is 10.0. The minimum atomic E-state index is -0.766. The van der Waals surface area contributed by atoms with Crippen molar-refractivity contribution in [2.24, 2.45) is 10.8 Å². The highest BCUT2D eigenvalue weighted by Gasteiger charge is 2.49. The van der Waals surface area contributed by atoms with Crippen molar-refractivity contribution in [2.45, 2.75) is 47.1 Å². The van der Waals surface area contributed by atoms with Crippen molar-refractivity contribution in [3.05, 3.63) is 150 Å². The Bertz CT molecular complexity index is 2780. The van der Waals surface area contributed by atoms with Crippen molar-refractivity contribution in [1.82, 2.24) is 9.55 Å². The number of fused-ring (bicyclic) bond motifs is 7. The van der Waals surface area contributed by atoms with Gasteiger partial charge in [0.25, 0.3) is 0 Å². The number of carbonyl (C=O) groups is 1. The number of hydrogen-bond donors (Lipinski definition) is 0. The molecule has 1 spiro atoms. The predicted octanol–water partition coefficient (Wildman–Crippen LogP) is 12.5. The fraction of sp³-hybridized carbons (Fsp3) is 0.184. The molecule has 252 valence electrons. The molecule has 0 unspecified atom stereocenters. The molecule has 0 amide bonds. The van der Waals surface area contributed by atoms with Crippen LogP contribution in [0.25, 0.3) is 77.0 Å². The van der Waals surface area contributed by atoms with Gasteiger partial charge in [0.15, 0.2) is 5.78 Å². The topological polar surface area (TPSA) is 34.9 Å². The van der Waals surface area contributed by atoms with Gasteiger partial charge in [0, 0.05) is 27.8 Å². The van der Waals surface area contributed by atoms with Gasteiger partial charge in [-0.1, -0.05) is 157 Å². The Hall–Kier alpha value is -5.80. The van der Waals surface area contributed by atoms with E-state index in [0.717, 1.165) is 45.0 Å². The largest absolute Gasteiger partial charge is 0.306 e. The lowest BCUT2D eigenvalue weighted by molar-refractivity contribution is -0.114. The Morgan fingerprint density at radius 1 is 0.538 bits per heavy atom. The summed E-state index contributed by atoms with van der Waals surface area (Å²) in [6.45, 7) is 13.0. The molecule has 0 atom stereocenters. The van der Waals surface area contributed by atoms with Gasteiger partial charge in [0.2, 0.25) is 0 Å². The number of imidazole rings is 1. The van der Waals surface area contributed by atoms with Gasteiger partial charge in [0.1, 0.15) is 11.4 Å². The van der Waals surface area contributed by atoms with E-state index in [9.17, 15) is 4.79 Å². The maximum absolute atomic E-state index is 14.5. The van der Waals surface area contributed by atoms with Crippen LogP contribution in [-0.2, 0) is 10.3 Å². The second-order valence-corrected chi connectivity index (χ2v) is 16.7. The Morgan fingerprint density at radius 3 is 1.75 bits per heavy atom. The molecule has 8 aromatic rings. The highest BCUT2D eigenvalue weighted by molar-refractivity contribution is 6.34. The molecular formula is C49H40N2O. The normalized spacial score (nSPS) is 15.5. The number of allylic oxidation sites excluding steroid dienone is 4. The van der Waals surface area contributed by atoms with Gasteiger partial charge in [-0.3, -0.25) is 4.79 Å². The molecule has 0 saturated carbocycles. The summed E-state index contributed by atoms with van der Waals surface area (Å²) in [4.78, 5) is 20.1. The van der Waals surface area contributed by atoms with E-state index in [4.69, 9.17) is 4.98 Å². The SMILES string of the molecule is CC(C)(C)C1=CC2(C=C(C(C)(C)C)C1=O)c1ccccc1-c1c(-c3ccccc3)nc(-c3ccc4c5cccc6cccc(c7cccc3c74)c65)n12. The second-order valence-electron chi connectivity index (χ2n) is 16.7. The first kappa shape index (κ1) is 31.0. The standard InChI is InChI=1S/C49H40N2O/c1-47(2,3)39-27-49(28-40(45(39)52)48(4,5)6)38-24-11-10-19-37(38)44-43(30-15-8-7-9-16-30)50-46(51(44)49)36-26-25-35-32-21-13-18-29-17-12-20-31(41(29)32)33-22-14-23-34(36)42(33)35/h7-28H,1-6H3. The molecule has 52 heavy (non-hydrogen) atoms.